The fourth-order valence-electron chi connectivity index (χ4n) is 2.34. The van der Waals surface area contributed by atoms with Crippen LogP contribution in [-0.2, 0) is 11.2 Å². The van der Waals surface area contributed by atoms with Crippen molar-refractivity contribution in [2.24, 2.45) is 5.73 Å². The van der Waals surface area contributed by atoms with Gasteiger partial charge >= 0.3 is 0 Å². The molecule has 0 aromatic heterocycles. The molecule has 1 saturated heterocycles. The Hall–Kier alpha value is -1.13. The minimum Gasteiger partial charge on any atom is -0.488 e. The van der Waals surface area contributed by atoms with Gasteiger partial charge in [-0.3, -0.25) is 0 Å². The van der Waals surface area contributed by atoms with E-state index in [1.807, 2.05) is 13.0 Å². The van der Waals surface area contributed by atoms with E-state index in [0.29, 0.717) is 18.8 Å². The highest BCUT2D eigenvalue weighted by molar-refractivity contribution is 5.35. The van der Waals surface area contributed by atoms with Crippen molar-refractivity contribution in [2.75, 3.05) is 13.2 Å². The number of nitrogens with two attached hydrogens (primary N) is 1. The van der Waals surface area contributed by atoms with Gasteiger partial charge in [0.1, 0.15) is 6.61 Å². The summed E-state index contributed by atoms with van der Waals surface area (Å²) in [6, 6.07) is 4.96. The quantitative estimate of drug-likeness (QED) is 0.892. The number of halogens is 1. The van der Waals surface area contributed by atoms with Crippen LogP contribution in [0.4, 0.5) is 4.39 Å². The molecule has 0 aliphatic carbocycles. The molecule has 4 heteroatoms. The lowest BCUT2D eigenvalue weighted by atomic mass is 10.1. The van der Waals surface area contributed by atoms with Gasteiger partial charge in [-0.25, -0.2) is 4.39 Å². The molecule has 3 nitrogen and oxygen atoms in total. The molecule has 2 rings (SSSR count). The summed E-state index contributed by atoms with van der Waals surface area (Å²) in [4.78, 5) is 0. The second-order valence-corrected chi connectivity index (χ2v) is 5.21. The summed E-state index contributed by atoms with van der Waals surface area (Å²) in [6.07, 6.45) is 3.93. The van der Waals surface area contributed by atoms with E-state index in [1.165, 1.54) is 6.07 Å². The highest BCUT2D eigenvalue weighted by Gasteiger charge is 2.17. The molecule has 2 N–H and O–H groups in total. The largest absolute Gasteiger partial charge is 0.488 e. The number of ether oxygens (including phenoxy) is 2. The van der Waals surface area contributed by atoms with Gasteiger partial charge in [-0.1, -0.05) is 12.1 Å². The van der Waals surface area contributed by atoms with Crippen LogP contribution >= 0.6 is 0 Å². The Balaban J connectivity index is 2.01. The summed E-state index contributed by atoms with van der Waals surface area (Å²) >= 11 is 0. The topological polar surface area (TPSA) is 44.5 Å². The minimum atomic E-state index is -0.325. The molecule has 19 heavy (non-hydrogen) atoms. The average Bonchev–Trinajstić information content (AvgIpc) is 2.38. The predicted molar refractivity (Wildman–Crippen MR) is 72.8 cm³/mol. The van der Waals surface area contributed by atoms with Crippen LogP contribution in [0.25, 0.3) is 0 Å². The van der Waals surface area contributed by atoms with E-state index >= 15 is 0 Å². The molecule has 1 aromatic rings. The summed E-state index contributed by atoms with van der Waals surface area (Å²) in [7, 11) is 0. The fourth-order valence-corrected chi connectivity index (χ4v) is 2.34. The molecule has 106 valence electrons. The van der Waals surface area contributed by atoms with Gasteiger partial charge in [0.15, 0.2) is 11.6 Å². The zero-order valence-electron chi connectivity index (χ0n) is 11.4. The van der Waals surface area contributed by atoms with Gasteiger partial charge in [0.25, 0.3) is 0 Å². The highest BCUT2D eigenvalue weighted by Crippen LogP contribution is 2.25. The molecule has 1 heterocycles. The Morgan fingerprint density at radius 1 is 1.47 bits per heavy atom. The Kier molecular flexibility index (Phi) is 5.16. The van der Waals surface area contributed by atoms with Gasteiger partial charge in [-0.15, -0.1) is 0 Å². The smallest absolute Gasteiger partial charge is 0.165 e. The van der Waals surface area contributed by atoms with Crippen LogP contribution in [0.2, 0.25) is 0 Å². The lowest BCUT2D eigenvalue weighted by Crippen LogP contribution is -2.26. The molecule has 0 radical (unpaired) electrons. The third kappa shape index (κ3) is 4.18. The summed E-state index contributed by atoms with van der Waals surface area (Å²) in [5.74, 6) is 0.00272. The molecule has 1 aliphatic heterocycles. The first-order valence-corrected chi connectivity index (χ1v) is 6.94. The molecule has 0 spiro atoms. The standard InChI is InChI=1S/C15H22FNO2/c1-11(17)9-12-5-4-7-14(16)15(12)19-10-13-6-2-3-8-18-13/h4-5,7,11,13H,2-3,6,8-10,17H2,1H3. The maximum absolute atomic E-state index is 13.8. The van der Waals surface area contributed by atoms with Crippen molar-refractivity contribution in [3.8, 4) is 5.75 Å². The third-order valence-corrected chi connectivity index (χ3v) is 3.28. The first-order chi connectivity index (χ1) is 9.16. The van der Waals surface area contributed by atoms with Crippen molar-refractivity contribution in [3.63, 3.8) is 0 Å². The van der Waals surface area contributed by atoms with E-state index in [1.54, 1.807) is 6.07 Å². The zero-order chi connectivity index (χ0) is 13.7. The lowest BCUT2D eigenvalue weighted by molar-refractivity contribution is -0.0119. The maximum Gasteiger partial charge on any atom is 0.165 e. The van der Waals surface area contributed by atoms with Crippen molar-refractivity contribution >= 4 is 0 Å². The second kappa shape index (κ2) is 6.87. The van der Waals surface area contributed by atoms with Crippen LogP contribution in [0.3, 0.4) is 0 Å². The van der Waals surface area contributed by atoms with Gasteiger partial charge in [0.05, 0.1) is 6.10 Å². The first-order valence-electron chi connectivity index (χ1n) is 6.94. The minimum absolute atomic E-state index is 0.0184. The van der Waals surface area contributed by atoms with E-state index in [0.717, 1.165) is 31.4 Å². The molecular formula is C15H22FNO2. The number of para-hydroxylation sites is 1. The molecule has 0 bridgehead atoms. The van der Waals surface area contributed by atoms with E-state index in [4.69, 9.17) is 15.2 Å². The summed E-state index contributed by atoms with van der Waals surface area (Å²) in [5, 5.41) is 0. The molecular weight excluding hydrogens is 245 g/mol. The summed E-state index contributed by atoms with van der Waals surface area (Å²) < 4.78 is 25.1. The predicted octanol–water partition coefficient (Wildman–Crippen LogP) is 2.66. The second-order valence-electron chi connectivity index (χ2n) is 5.21. The molecule has 0 amide bonds. The Morgan fingerprint density at radius 2 is 2.32 bits per heavy atom. The normalized spacial score (nSPS) is 21.1. The first kappa shape index (κ1) is 14.3. The van der Waals surface area contributed by atoms with Gasteiger partial charge in [-0.2, -0.15) is 0 Å². The van der Waals surface area contributed by atoms with Gasteiger partial charge < -0.3 is 15.2 Å². The average molecular weight is 267 g/mol. The highest BCUT2D eigenvalue weighted by atomic mass is 19.1. The van der Waals surface area contributed by atoms with E-state index in [-0.39, 0.29) is 18.0 Å². The van der Waals surface area contributed by atoms with Crippen molar-refractivity contribution in [1.29, 1.82) is 0 Å². The number of hydrogen-bond donors (Lipinski definition) is 1. The maximum atomic E-state index is 13.8. The summed E-state index contributed by atoms with van der Waals surface area (Å²) in [6.45, 7) is 3.09. The SMILES string of the molecule is CC(N)Cc1cccc(F)c1OCC1CCCCO1. The summed E-state index contributed by atoms with van der Waals surface area (Å²) in [5.41, 5.74) is 6.60. The number of rotatable bonds is 5. The van der Waals surface area contributed by atoms with Gasteiger partial charge in [-0.05, 0) is 44.2 Å². The molecule has 1 aliphatic rings. The van der Waals surface area contributed by atoms with Gasteiger partial charge in [0.2, 0.25) is 0 Å². The lowest BCUT2D eigenvalue weighted by Gasteiger charge is -2.23. The van der Waals surface area contributed by atoms with E-state index < -0.39 is 0 Å². The van der Waals surface area contributed by atoms with Crippen LogP contribution in [0.5, 0.6) is 5.75 Å². The van der Waals surface area contributed by atoms with Crippen LogP contribution in [0.15, 0.2) is 18.2 Å². The van der Waals surface area contributed by atoms with Crippen molar-refractivity contribution < 1.29 is 13.9 Å². The number of benzene rings is 1. The number of hydrogen-bond acceptors (Lipinski definition) is 3. The Bertz CT molecular complexity index is 403. The van der Waals surface area contributed by atoms with E-state index in [2.05, 4.69) is 0 Å². The van der Waals surface area contributed by atoms with Crippen LogP contribution in [0, 0.1) is 5.82 Å². The van der Waals surface area contributed by atoms with Crippen LogP contribution in [0.1, 0.15) is 31.7 Å². The molecule has 0 saturated carbocycles. The van der Waals surface area contributed by atoms with E-state index in [9.17, 15) is 4.39 Å². The van der Waals surface area contributed by atoms with Crippen molar-refractivity contribution in [3.05, 3.63) is 29.6 Å². The van der Waals surface area contributed by atoms with Crippen LogP contribution in [-0.4, -0.2) is 25.4 Å². The van der Waals surface area contributed by atoms with Crippen LogP contribution < -0.4 is 10.5 Å². The zero-order valence-corrected chi connectivity index (χ0v) is 11.4. The molecule has 2 unspecified atom stereocenters. The molecule has 1 aromatic carbocycles. The van der Waals surface area contributed by atoms with Gasteiger partial charge in [0, 0.05) is 12.6 Å². The molecule has 1 fully saturated rings. The molecule has 2 atom stereocenters. The van der Waals surface area contributed by atoms with Crippen molar-refractivity contribution in [2.45, 2.75) is 44.8 Å². The fraction of sp³-hybridized carbons (Fsp3) is 0.600. The Labute approximate surface area is 113 Å². The Morgan fingerprint density at radius 3 is 3.00 bits per heavy atom. The third-order valence-electron chi connectivity index (χ3n) is 3.28. The van der Waals surface area contributed by atoms with Crippen molar-refractivity contribution in [1.82, 2.24) is 0 Å². The monoisotopic (exact) mass is 267 g/mol.